The third kappa shape index (κ3) is 4.80. The smallest absolute Gasteiger partial charge is 0.211 e. The Morgan fingerprint density at radius 2 is 1.86 bits per heavy atom. The molecule has 0 aromatic heterocycles. The van der Waals surface area contributed by atoms with Crippen molar-refractivity contribution in [3.8, 4) is 0 Å². The summed E-state index contributed by atoms with van der Waals surface area (Å²) in [6.45, 7) is 7.43. The second kappa shape index (κ2) is 6.46. The molecule has 1 aliphatic rings. The quantitative estimate of drug-likeness (QED) is 0.835. The Balaban J connectivity index is 1.89. The monoisotopic (exact) mass is 310 g/mol. The second-order valence-electron chi connectivity index (χ2n) is 6.47. The fourth-order valence-corrected chi connectivity index (χ4v) is 4.14. The Morgan fingerprint density at radius 1 is 1.24 bits per heavy atom. The van der Waals surface area contributed by atoms with Gasteiger partial charge in [-0.05, 0) is 38.8 Å². The molecule has 21 heavy (non-hydrogen) atoms. The topological polar surface area (TPSA) is 40.6 Å². The van der Waals surface area contributed by atoms with Gasteiger partial charge < -0.3 is 4.90 Å². The maximum atomic E-state index is 11.5. The molecule has 1 aromatic rings. The highest BCUT2D eigenvalue weighted by atomic mass is 32.2. The highest BCUT2D eigenvalue weighted by molar-refractivity contribution is 7.88. The van der Waals surface area contributed by atoms with Gasteiger partial charge in [0.25, 0.3) is 0 Å². The molecule has 1 saturated heterocycles. The molecule has 2 rings (SSSR count). The van der Waals surface area contributed by atoms with Gasteiger partial charge in [-0.3, -0.25) is 0 Å². The van der Waals surface area contributed by atoms with Crippen LogP contribution >= 0.6 is 0 Å². The molecule has 1 aromatic carbocycles. The first-order chi connectivity index (χ1) is 9.74. The van der Waals surface area contributed by atoms with Crippen molar-refractivity contribution in [2.45, 2.75) is 26.8 Å². The SMILES string of the molecule is Cc1cc(C)cc(CN(C)CC2CCN(S(C)(=O)=O)C2)c1. The minimum atomic E-state index is -3.03. The lowest BCUT2D eigenvalue weighted by atomic mass is 10.1. The van der Waals surface area contributed by atoms with Crippen molar-refractivity contribution in [2.24, 2.45) is 5.92 Å². The summed E-state index contributed by atoms with van der Waals surface area (Å²) >= 11 is 0. The van der Waals surface area contributed by atoms with Gasteiger partial charge in [-0.25, -0.2) is 12.7 Å². The van der Waals surface area contributed by atoms with E-state index in [-0.39, 0.29) is 0 Å². The standard InChI is InChI=1S/C16H26N2O2S/c1-13-7-14(2)9-16(8-13)11-17(3)10-15-5-6-18(12-15)21(4,19)20/h7-9,15H,5-6,10-12H2,1-4H3. The molecule has 0 radical (unpaired) electrons. The van der Waals surface area contributed by atoms with Crippen LogP contribution in [0.15, 0.2) is 18.2 Å². The fraction of sp³-hybridized carbons (Fsp3) is 0.625. The van der Waals surface area contributed by atoms with Crippen LogP contribution in [-0.2, 0) is 16.6 Å². The van der Waals surface area contributed by atoms with E-state index >= 15 is 0 Å². The van der Waals surface area contributed by atoms with E-state index in [1.54, 1.807) is 4.31 Å². The Kier molecular flexibility index (Phi) is 5.07. The number of hydrogen-bond donors (Lipinski definition) is 0. The third-order valence-electron chi connectivity index (χ3n) is 4.02. The van der Waals surface area contributed by atoms with Gasteiger partial charge in [0, 0.05) is 26.2 Å². The zero-order valence-electron chi connectivity index (χ0n) is 13.5. The lowest BCUT2D eigenvalue weighted by Gasteiger charge is -2.21. The number of benzene rings is 1. The van der Waals surface area contributed by atoms with Gasteiger partial charge in [-0.2, -0.15) is 0 Å². The molecule has 4 nitrogen and oxygen atoms in total. The number of hydrogen-bond acceptors (Lipinski definition) is 3. The highest BCUT2D eigenvalue weighted by Gasteiger charge is 2.28. The van der Waals surface area contributed by atoms with E-state index in [2.05, 4.69) is 44.0 Å². The van der Waals surface area contributed by atoms with E-state index < -0.39 is 10.0 Å². The molecule has 118 valence electrons. The van der Waals surface area contributed by atoms with Crippen LogP contribution < -0.4 is 0 Å². The summed E-state index contributed by atoms with van der Waals surface area (Å²) < 4.78 is 24.7. The molecular formula is C16H26N2O2S. The minimum absolute atomic E-state index is 0.440. The predicted molar refractivity (Wildman–Crippen MR) is 86.8 cm³/mol. The molecule has 0 saturated carbocycles. The lowest BCUT2D eigenvalue weighted by molar-refractivity contribution is 0.273. The molecule has 0 spiro atoms. The maximum absolute atomic E-state index is 11.5. The van der Waals surface area contributed by atoms with Gasteiger partial charge in [0.05, 0.1) is 6.26 Å². The van der Waals surface area contributed by atoms with E-state index in [1.165, 1.54) is 22.9 Å². The molecule has 1 unspecified atom stereocenters. The largest absolute Gasteiger partial charge is 0.302 e. The number of nitrogens with zero attached hydrogens (tertiary/aromatic N) is 2. The van der Waals surface area contributed by atoms with E-state index in [1.807, 2.05) is 0 Å². The molecule has 0 bridgehead atoms. The second-order valence-corrected chi connectivity index (χ2v) is 8.45. The average Bonchev–Trinajstić information content (AvgIpc) is 2.75. The molecule has 1 aliphatic heterocycles. The van der Waals surface area contributed by atoms with Gasteiger partial charge in [-0.15, -0.1) is 0 Å². The van der Waals surface area contributed by atoms with Gasteiger partial charge in [-0.1, -0.05) is 29.3 Å². The Morgan fingerprint density at radius 3 is 2.38 bits per heavy atom. The van der Waals surface area contributed by atoms with E-state index in [0.29, 0.717) is 19.0 Å². The van der Waals surface area contributed by atoms with Crippen LogP contribution in [0.25, 0.3) is 0 Å². The Labute approximate surface area is 128 Å². The molecule has 1 atom stereocenters. The van der Waals surface area contributed by atoms with E-state index in [9.17, 15) is 8.42 Å². The summed E-state index contributed by atoms with van der Waals surface area (Å²) in [4.78, 5) is 2.30. The summed E-state index contributed by atoms with van der Waals surface area (Å²) in [5, 5.41) is 0. The van der Waals surface area contributed by atoms with Crippen LogP contribution in [0.3, 0.4) is 0 Å². The van der Waals surface area contributed by atoms with Crippen LogP contribution in [0.4, 0.5) is 0 Å². The summed E-state index contributed by atoms with van der Waals surface area (Å²) in [7, 11) is -0.915. The van der Waals surface area contributed by atoms with Gasteiger partial charge >= 0.3 is 0 Å². The highest BCUT2D eigenvalue weighted by Crippen LogP contribution is 2.20. The van der Waals surface area contributed by atoms with Gasteiger partial charge in [0.2, 0.25) is 10.0 Å². The third-order valence-corrected chi connectivity index (χ3v) is 5.29. The van der Waals surface area contributed by atoms with Crippen LogP contribution in [0.2, 0.25) is 0 Å². The van der Waals surface area contributed by atoms with Crippen molar-refractivity contribution in [3.63, 3.8) is 0 Å². The van der Waals surface area contributed by atoms with Gasteiger partial charge in [0.15, 0.2) is 0 Å². The molecule has 0 amide bonds. The van der Waals surface area contributed by atoms with E-state index in [0.717, 1.165) is 19.5 Å². The van der Waals surface area contributed by atoms with Crippen LogP contribution in [0, 0.1) is 19.8 Å². The van der Waals surface area contributed by atoms with Crippen molar-refractivity contribution in [3.05, 3.63) is 34.9 Å². The summed E-state index contributed by atoms with van der Waals surface area (Å²) in [6, 6.07) is 6.63. The minimum Gasteiger partial charge on any atom is -0.302 e. The molecular weight excluding hydrogens is 284 g/mol. The Hall–Kier alpha value is -0.910. The fourth-order valence-electron chi connectivity index (χ4n) is 3.22. The lowest BCUT2D eigenvalue weighted by Crippen LogP contribution is -2.30. The van der Waals surface area contributed by atoms with Crippen molar-refractivity contribution in [1.29, 1.82) is 0 Å². The number of sulfonamides is 1. The number of aryl methyl sites for hydroxylation is 2. The molecule has 5 heteroatoms. The number of rotatable bonds is 5. The van der Waals surface area contributed by atoms with E-state index in [4.69, 9.17) is 0 Å². The first-order valence-electron chi connectivity index (χ1n) is 7.45. The summed E-state index contributed by atoms with van der Waals surface area (Å²) in [5.41, 5.74) is 3.91. The normalized spacial score (nSPS) is 20.3. The Bertz CT molecular complexity index is 578. The van der Waals surface area contributed by atoms with Crippen LogP contribution in [0.5, 0.6) is 0 Å². The first-order valence-corrected chi connectivity index (χ1v) is 9.29. The van der Waals surface area contributed by atoms with Crippen molar-refractivity contribution in [1.82, 2.24) is 9.21 Å². The van der Waals surface area contributed by atoms with Crippen molar-refractivity contribution >= 4 is 10.0 Å². The average molecular weight is 310 g/mol. The van der Waals surface area contributed by atoms with Crippen molar-refractivity contribution < 1.29 is 8.42 Å². The van der Waals surface area contributed by atoms with Crippen LogP contribution in [0.1, 0.15) is 23.1 Å². The molecule has 0 N–H and O–H groups in total. The van der Waals surface area contributed by atoms with Crippen LogP contribution in [-0.4, -0.2) is 50.6 Å². The molecule has 0 aliphatic carbocycles. The maximum Gasteiger partial charge on any atom is 0.211 e. The molecule has 1 fully saturated rings. The zero-order valence-corrected chi connectivity index (χ0v) is 14.3. The molecule has 1 heterocycles. The zero-order chi connectivity index (χ0) is 15.6. The predicted octanol–water partition coefficient (Wildman–Crippen LogP) is 2.02. The van der Waals surface area contributed by atoms with Crippen molar-refractivity contribution in [2.75, 3.05) is 32.9 Å². The summed E-state index contributed by atoms with van der Waals surface area (Å²) in [6.07, 6.45) is 2.26. The summed E-state index contributed by atoms with van der Waals surface area (Å²) in [5.74, 6) is 0.440. The van der Waals surface area contributed by atoms with Gasteiger partial charge in [0.1, 0.15) is 0 Å². The first kappa shape index (κ1) is 16.5.